The molecule has 10 atom stereocenters. The molecule has 0 unspecified atom stereocenters. The number of methoxy groups -OCH3 is 1. The highest BCUT2D eigenvalue weighted by Crippen LogP contribution is 2.32. The van der Waals surface area contributed by atoms with E-state index in [2.05, 4.69) is 0 Å². The van der Waals surface area contributed by atoms with E-state index in [1.807, 2.05) is 6.92 Å². The molecule has 6 N–H and O–H groups in total. The first-order chi connectivity index (χ1) is 14.6. The van der Waals surface area contributed by atoms with Gasteiger partial charge >= 0.3 is 0 Å². The minimum absolute atomic E-state index is 0.261. The largest absolute Gasteiger partial charge is 0.493 e. The molecule has 2 aliphatic heterocycles. The number of hydrogen-bond acceptors (Lipinski definition) is 11. The quantitative estimate of drug-likeness (QED) is 0.287. The molecule has 2 aliphatic rings. The van der Waals surface area contributed by atoms with Crippen LogP contribution in [0.1, 0.15) is 12.5 Å². The molecule has 1 aromatic rings. The molecule has 0 aromatic heterocycles. The molecule has 0 saturated carbocycles. The first-order valence-electron chi connectivity index (χ1n) is 9.96. The van der Waals surface area contributed by atoms with Crippen LogP contribution in [0.4, 0.5) is 0 Å². The van der Waals surface area contributed by atoms with E-state index in [4.69, 9.17) is 23.7 Å². The molecule has 11 nitrogen and oxygen atoms in total. The minimum atomic E-state index is -1.60. The zero-order valence-electron chi connectivity index (χ0n) is 17.4. The van der Waals surface area contributed by atoms with Crippen LogP contribution in [0.25, 0.3) is 0 Å². The van der Waals surface area contributed by atoms with E-state index in [9.17, 15) is 30.6 Å². The van der Waals surface area contributed by atoms with Gasteiger partial charge in [-0.3, -0.25) is 0 Å². The third kappa shape index (κ3) is 5.11. The first kappa shape index (κ1) is 24.1. The second kappa shape index (κ2) is 9.94. The van der Waals surface area contributed by atoms with E-state index in [0.29, 0.717) is 5.75 Å². The Hall–Kier alpha value is -1.54. The fraction of sp³-hybridized carbons (Fsp3) is 0.700. The number of benzene rings is 1. The smallest absolute Gasteiger partial charge is 0.229 e. The van der Waals surface area contributed by atoms with Gasteiger partial charge in [-0.05, 0) is 31.5 Å². The molecular formula is C20H30O11. The highest BCUT2D eigenvalue weighted by atomic mass is 16.7. The monoisotopic (exact) mass is 446 g/mol. The van der Waals surface area contributed by atoms with Gasteiger partial charge in [0.2, 0.25) is 6.29 Å². The van der Waals surface area contributed by atoms with Crippen molar-refractivity contribution in [3.63, 3.8) is 0 Å². The van der Waals surface area contributed by atoms with Crippen molar-refractivity contribution in [3.8, 4) is 11.5 Å². The van der Waals surface area contributed by atoms with Crippen LogP contribution < -0.4 is 9.47 Å². The normalized spacial score (nSPS) is 41.1. The lowest BCUT2D eigenvalue weighted by atomic mass is 9.98. The van der Waals surface area contributed by atoms with Crippen molar-refractivity contribution in [1.29, 1.82) is 0 Å². The predicted molar refractivity (Wildman–Crippen MR) is 103 cm³/mol. The third-order valence-electron chi connectivity index (χ3n) is 5.46. The fourth-order valence-electron chi connectivity index (χ4n) is 3.49. The van der Waals surface area contributed by atoms with Crippen LogP contribution >= 0.6 is 0 Å². The maximum atomic E-state index is 10.3. The molecule has 0 amide bonds. The number of aryl methyl sites for hydroxylation is 1. The van der Waals surface area contributed by atoms with Gasteiger partial charge in [0.15, 0.2) is 17.8 Å². The fourth-order valence-corrected chi connectivity index (χ4v) is 3.49. The summed E-state index contributed by atoms with van der Waals surface area (Å²) in [5, 5.41) is 60.5. The second-order valence-electron chi connectivity index (χ2n) is 7.80. The summed E-state index contributed by atoms with van der Waals surface area (Å²) in [4.78, 5) is 0. The Kier molecular flexibility index (Phi) is 7.73. The molecule has 1 aromatic carbocycles. The molecule has 176 valence electrons. The molecule has 31 heavy (non-hydrogen) atoms. The molecule has 2 saturated heterocycles. The summed E-state index contributed by atoms with van der Waals surface area (Å²) < 4.78 is 27.3. The lowest BCUT2D eigenvalue weighted by molar-refractivity contribution is -0.318. The molecule has 0 bridgehead atoms. The van der Waals surface area contributed by atoms with Gasteiger partial charge in [0.25, 0.3) is 0 Å². The Morgan fingerprint density at radius 3 is 2.13 bits per heavy atom. The molecule has 0 spiro atoms. The second-order valence-corrected chi connectivity index (χ2v) is 7.80. The summed E-state index contributed by atoms with van der Waals surface area (Å²) >= 11 is 0. The van der Waals surface area contributed by atoms with Crippen LogP contribution in [0.5, 0.6) is 11.5 Å². The van der Waals surface area contributed by atoms with Crippen molar-refractivity contribution in [3.05, 3.63) is 23.8 Å². The average Bonchev–Trinajstić information content (AvgIpc) is 2.75. The number of aliphatic hydroxyl groups is 6. The van der Waals surface area contributed by atoms with Crippen molar-refractivity contribution >= 4 is 0 Å². The van der Waals surface area contributed by atoms with E-state index < -0.39 is 61.4 Å². The molecule has 2 fully saturated rings. The van der Waals surface area contributed by atoms with Crippen LogP contribution in [0.15, 0.2) is 18.2 Å². The van der Waals surface area contributed by atoms with Gasteiger partial charge in [-0.2, -0.15) is 0 Å². The predicted octanol–water partition coefficient (Wildman–Crippen LogP) is -1.97. The highest BCUT2D eigenvalue weighted by Gasteiger charge is 2.47. The van der Waals surface area contributed by atoms with Gasteiger partial charge in [0.1, 0.15) is 42.7 Å². The molecule has 2 heterocycles. The number of hydrogen-bond donors (Lipinski definition) is 6. The van der Waals surface area contributed by atoms with Gasteiger partial charge in [-0.25, -0.2) is 0 Å². The van der Waals surface area contributed by atoms with E-state index in [1.54, 1.807) is 18.2 Å². The van der Waals surface area contributed by atoms with Gasteiger partial charge in [0, 0.05) is 0 Å². The van der Waals surface area contributed by atoms with Gasteiger partial charge < -0.3 is 54.3 Å². The summed E-state index contributed by atoms with van der Waals surface area (Å²) in [6, 6.07) is 5.11. The van der Waals surface area contributed by atoms with E-state index in [0.717, 1.165) is 5.56 Å². The van der Waals surface area contributed by atoms with Crippen LogP contribution in [0.3, 0.4) is 0 Å². The van der Waals surface area contributed by atoms with Gasteiger partial charge in [-0.15, -0.1) is 0 Å². The molecule has 3 rings (SSSR count). The Labute approximate surface area is 179 Å². The van der Waals surface area contributed by atoms with Crippen LogP contribution in [0, 0.1) is 6.92 Å². The van der Waals surface area contributed by atoms with Crippen LogP contribution in [-0.2, 0) is 14.2 Å². The number of rotatable bonds is 6. The average molecular weight is 446 g/mol. The van der Waals surface area contributed by atoms with Crippen molar-refractivity contribution < 1.29 is 54.3 Å². The summed E-state index contributed by atoms with van der Waals surface area (Å²) in [5.41, 5.74) is 0.920. The van der Waals surface area contributed by atoms with Crippen molar-refractivity contribution in [1.82, 2.24) is 0 Å². The zero-order valence-corrected chi connectivity index (χ0v) is 17.4. The topological polar surface area (TPSA) is 168 Å². The van der Waals surface area contributed by atoms with Crippen molar-refractivity contribution in [2.75, 3.05) is 13.7 Å². The summed E-state index contributed by atoms with van der Waals surface area (Å²) in [6.07, 6.45) is -13.6. The summed E-state index contributed by atoms with van der Waals surface area (Å²) in [6.45, 7) is 3.00. The summed E-state index contributed by atoms with van der Waals surface area (Å²) in [7, 11) is 1.46. The molecule has 11 heteroatoms. The zero-order chi connectivity index (χ0) is 22.9. The Bertz CT molecular complexity index is 731. The van der Waals surface area contributed by atoms with Crippen molar-refractivity contribution in [2.24, 2.45) is 0 Å². The van der Waals surface area contributed by atoms with E-state index >= 15 is 0 Å². The summed E-state index contributed by atoms with van der Waals surface area (Å²) in [5.74, 6) is 0.654. The van der Waals surface area contributed by atoms with Gasteiger partial charge in [0.05, 0.1) is 19.8 Å². The Morgan fingerprint density at radius 1 is 0.806 bits per heavy atom. The van der Waals surface area contributed by atoms with Crippen molar-refractivity contribution in [2.45, 2.75) is 75.3 Å². The SMILES string of the molecule is COc1cc(C)ccc1O[C@@H]1O[C@H](CO[C@@H]2O[C@@H](C)[C@H](O)[C@@H](O)[C@H]2O)[C@@H](O)[C@H](O)[C@H]1O. The highest BCUT2D eigenvalue weighted by molar-refractivity contribution is 5.42. The Morgan fingerprint density at radius 2 is 1.45 bits per heavy atom. The van der Waals surface area contributed by atoms with Crippen LogP contribution in [-0.4, -0.2) is 106 Å². The van der Waals surface area contributed by atoms with Crippen LogP contribution in [0.2, 0.25) is 0 Å². The standard InChI is InChI=1S/C20H30O11/c1-8-4-5-10(11(6-8)27-3)30-20-18(26)16(24)14(22)12(31-20)7-28-19-17(25)15(23)13(21)9(2)29-19/h4-6,9,12-26H,7H2,1-3H3/t9-,12+,13-,14+,15+,16-,17+,18+,19+,20+/m0/s1. The molecular weight excluding hydrogens is 416 g/mol. The molecule has 0 radical (unpaired) electrons. The lowest BCUT2D eigenvalue weighted by Gasteiger charge is -2.42. The first-order valence-corrected chi connectivity index (χ1v) is 9.96. The Balaban J connectivity index is 1.67. The van der Waals surface area contributed by atoms with E-state index in [1.165, 1.54) is 14.0 Å². The number of ether oxygens (including phenoxy) is 5. The molecule has 0 aliphatic carbocycles. The van der Waals surface area contributed by atoms with E-state index in [-0.39, 0.29) is 12.4 Å². The maximum Gasteiger partial charge on any atom is 0.229 e. The minimum Gasteiger partial charge on any atom is -0.493 e. The lowest BCUT2D eigenvalue weighted by Crippen LogP contribution is -2.61. The van der Waals surface area contributed by atoms with Gasteiger partial charge in [-0.1, -0.05) is 6.07 Å². The number of aliphatic hydroxyl groups excluding tert-OH is 6. The third-order valence-corrected chi connectivity index (χ3v) is 5.46. The maximum absolute atomic E-state index is 10.3.